The Morgan fingerprint density at radius 3 is 2.64 bits per heavy atom. The van der Waals surface area contributed by atoms with Crippen LogP contribution in [0.1, 0.15) is 12.8 Å². The molecular formula is C18H24N4O3. The summed E-state index contributed by atoms with van der Waals surface area (Å²) in [7, 11) is 2.05. The summed E-state index contributed by atoms with van der Waals surface area (Å²) in [5.74, 6) is -0.140. The van der Waals surface area contributed by atoms with Gasteiger partial charge in [0.25, 0.3) is 0 Å². The summed E-state index contributed by atoms with van der Waals surface area (Å²) in [6.45, 7) is 4.75. The molecule has 25 heavy (non-hydrogen) atoms. The Balaban J connectivity index is 1.41. The highest BCUT2D eigenvalue weighted by Crippen LogP contribution is 2.29. The van der Waals surface area contributed by atoms with E-state index >= 15 is 0 Å². The van der Waals surface area contributed by atoms with Crippen molar-refractivity contribution in [2.45, 2.75) is 24.9 Å². The number of piperazine rings is 1. The number of carbonyl (C=O) groups excluding carboxylic acids is 1. The molecule has 7 nitrogen and oxygen atoms in total. The van der Waals surface area contributed by atoms with Crippen LogP contribution < -0.4 is 11.1 Å². The van der Waals surface area contributed by atoms with Crippen molar-refractivity contribution < 1.29 is 9.21 Å². The van der Waals surface area contributed by atoms with E-state index in [9.17, 15) is 9.59 Å². The first-order valence-electron chi connectivity index (χ1n) is 8.90. The summed E-state index contributed by atoms with van der Waals surface area (Å²) >= 11 is 0. The predicted octanol–water partition coefficient (Wildman–Crippen LogP) is 0.491. The van der Waals surface area contributed by atoms with Gasteiger partial charge in [-0.25, -0.2) is 4.79 Å². The molecule has 0 unspecified atom stereocenters. The molecule has 2 fully saturated rings. The molecule has 1 amide bonds. The van der Waals surface area contributed by atoms with E-state index in [1.165, 1.54) is 0 Å². The molecular weight excluding hydrogens is 320 g/mol. The predicted molar refractivity (Wildman–Crippen MR) is 94.5 cm³/mol. The SMILES string of the molecule is CN1CCNC(=O)C12CCN(CCn1c(=O)oc3ccccc31)CC2. The lowest BCUT2D eigenvalue weighted by Crippen LogP contribution is -2.66. The van der Waals surface area contributed by atoms with Crippen LogP contribution in [0.5, 0.6) is 0 Å². The molecule has 1 aromatic carbocycles. The van der Waals surface area contributed by atoms with Crippen molar-refractivity contribution >= 4 is 17.0 Å². The molecule has 134 valence electrons. The molecule has 2 aliphatic heterocycles. The van der Waals surface area contributed by atoms with Crippen LogP contribution in [-0.2, 0) is 11.3 Å². The summed E-state index contributed by atoms with van der Waals surface area (Å²) in [5.41, 5.74) is 1.12. The molecule has 3 heterocycles. The first kappa shape index (κ1) is 16.4. The third-order valence-corrected chi connectivity index (χ3v) is 5.78. The lowest BCUT2D eigenvalue weighted by atomic mass is 9.83. The minimum Gasteiger partial charge on any atom is -0.408 e. The zero-order chi connectivity index (χ0) is 17.4. The van der Waals surface area contributed by atoms with Gasteiger partial charge in [0.1, 0.15) is 5.54 Å². The molecule has 0 atom stereocenters. The maximum Gasteiger partial charge on any atom is 0.419 e. The summed E-state index contributed by atoms with van der Waals surface area (Å²) in [4.78, 5) is 29.0. The normalized spacial score (nSPS) is 21.7. The Kier molecular flexibility index (Phi) is 4.13. The quantitative estimate of drug-likeness (QED) is 0.878. The molecule has 7 heteroatoms. The number of rotatable bonds is 3. The van der Waals surface area contributed by atoms with E-state index in [1.807, 2.05) is 31.3 Å². The largest absolute Gasteiger partial charge is 0.419 e. The summed E-state index contributed by atoms with van der Waals surface area (Å²) in [6.07, 6.45) is 1.66. The molecule has 0 aliphatic carbocycles. The smallest absolute Gasteiger partial charge is 0.408 e. The van der Waals surface area contributed by atoms with Gasteiger partial charge < -0.3 is 14.6 Å². The number of hydrogen-bond acceptors (Lipinski definition) is 5. The standard InChI is InChI=1S/C18H24N4O3/c1-20-11-8-19-16(23)18(20)6-9-21(10-7-18)12-13-22-14-4-2-3-5-15(14)25-17(22)24/h2-5H,6-13H2,1H3,(H,19,23). The van der Waals surface area contributed by atoms with Gasteiger partial charge in [0.15, 0.2) is 5.58 Å². The van der Waals surface area contributed by atoms with Gasteiger partial charge in [-0.1, -0.05) is 12.1 Å². The van der Waals surface area contributed by atoms with Crippen molar-refractivity contribution in [3.8, 4) is 0 Å². The second-order valence-corrected chi connectivity index (χ2v) is 7.04. The number of aromatic nitrogens is 1. The molecule has 0 bridgehead atoms. The van der Waals surface area contributed by atoms with Gasteiger partial charge in [-0.05, 0) is 32.0 Å². The lowest BCUT2D eigenvalue weighted by Gasteiger charge is -2.48. The monoisotopic (exact) mass is 344 g/mol. The van der Waals surface area contributed by atoms with Crippen molar-refractivity contribution in [1.82, 2.24) is 19.7 Å². The van der Waals surface area contributed by atoms with E-state index in [2.05, 4.69) is 15.1 Å². The average molecular weight is 344 g/mol. The highest BCUT2D eigenvalue weighted by atomic mass is 16.4. The Bertz CT molecular complexity index is 832. The number of amides is 1. The van der Waals surface area contributed by atoms with Crippen molar-refractivity contribution in [3.63, 3.8) is 0 Å². The maximum absolute atomic E-state index is 12.4. The van der Waals surface area contributed by atoms with Crippen LogP contribution in [0.25, 0.3) is 11.1 Å². The minimum atomic E-state index is -0.353. The molecule has 0 saturated carbocycles. The van der Waals surface area contributed by atoms with Crippen LogP contribution in [-0.4, -0.2) is 65.6 Å². The van der Waals surface area contributed by atoms with Gasteiger partial charge in [-0.2, -0.15) is 0 Å². The first-order chi connectivity index (χ1) is 12.1. The van der Waals surface area contributed by atoms with E-state index in [4.69, 9.17) is 4.42 Å². The lowest BCUT2D eigenvalue weighted by molar-refractivity contribution is -0.139. The fraction of sp³-hybridized carbons (Fsp3) is 0.556. The minimum absolute atomic E-state index is 0.165. The number of nitrogens with zero attached hydrogens (tertiary/aromatic N) is 3. The van der Waals surface area contributed by atoms with Crippen LogP contribution in [0, 0.1) is 0 Å². The molecule has 2 aromatic rings. The fourth-order valence-corrected chi connectivity index (χ4v) is 4.11. The number of nitrogens with one attached hydrogen (secondary N) is 1. The molecule has 1 N–H and O–H groups in total. The zero-order valence-electron chi connectivity index (χ0n) is 14.5. The zero-order valence-corrected chi connectivity index (χ0v) is 14.5. The number of piperidine rings is 1. The van der Waals surface area contributed by atoms with Crippen molar-refractivity contribution in [1.29, 1.82) is 0 Å². The number of oxazole rings is 1. The van der Waals surface area contributed by atoms with Crippen molar-refractivity contribution in [2.24, 2.45) is 0 Å². The number of likely N-dealkylation sites (N-methyl/N-ethyl adjacent to an activating group) is 1. The Labute approximate surface area is 146 Å². The van der Waals surface area contributed by atoms with E-state index in [0.29, 0.717) is 12.1 Å². The van der Waals surface area contributed by atoms with Gasteiger partial charge in [-0.3, -0.25) is 14.3 Å². The van der Waals surface area contributed by atoms with Gasteiger partial charge in [0.05, 0.1) is 5.52 Å². The van der Waals surface area contributed by atoms with Crippen LogP contribution in [0.4, 0.5) is 0 Å². The van der Waals surface area contributed by atoms with Gasteiger partial charge >= 0.3 is 5.76 Å². The molecule has 0 radical (unpaired) electrons. The van der Waals surface area contributed by atoms with E-state index in [1.54, 1.807) is 4.57 Å². The third kappa shape index (κ3) is 2.77. The van der Waals surface area contributed by atoms with E-state index in [-0.39, 0.29) is 17.2 Å². The summed E-state index contributed by atoms with van der Waals surface area (Å²) in [5, 5.41) is 3.01. The number of likely N-dealkylation sites (tertiary alicyclic amines) is 1. The molecule has 2 saturated heterocycles. The van der Waals surface area contributed by atoms with Crippen molar-refractivity contribution in [3.05, 3.63) is 34.8 Å². The van der Waals surface area contributed by atoms with E-state index in [0.717, 1.165) is 51.1 Å². The number of fused-ring (bicyclic) bond motifs is 1. The Morgan fingerprint density at radius 1 is 1.12 bits per heavy atom. The topological polar surface area (TPSA) is 70.7 Å². The van der Waals surface area contributed by atoms with Crippen LogP contribution in [0.3, 0.4) is 0 Å². The average Bonchev–Trinajstić information content (AvgIpc) is 2.94. The number of benzene rings is 1. The Hall–Kier alpha value is -2.12. The molecule has 1 aromatic heterocycles. The molecule has 1 spiro atoms. The summed E-state index contributed by atoms with van der Waals surface area (Å²) < 4.78 is 6.98. The molecule has 2 aliphatic rings. The highest BCUT2D eigenvalue weighted by molar-refractivity contribution is 5.87. The Morgan fingerprint density at radius 2 is 1.88 bits per heavy atom. The van der Waals surface area contributed by atoms with Crippen molar-refractivity contribution in [2.75, 3.05) is 39.8 Å². The summed E-state index contributed by atoms with van der Waals surface area (Å²) in [6, 6.07) is 7.50. The van der Waals surface area contributed by atoms with E-state index < -0.39 is 0 Å². The highest BCUT2D eigenvalue weighted by Gasteiger charge is 2.46. The second kappa shape index (κ2) is 6.31. The van der Waals surface area contributed by atoms with Gasteiger partial charge in [-0.15, -0.1) is 0 Å². The first-order valence-corrected chi connectivity index (χ1v) is 8.90. The third-order valence-electron chi connectivity index (χ3n) is 5.78. The van der Waals surface area contributed by atoms with Gasteiger partial charge in [0.2, 0.25) is 5.91 Å². The van der Waals surface area contributed by atoms with Gasteiger partial charge in [0, 0.05) is 39.3 Å². The molecule has 4 rings (SSSR count). The van der Waals surface area contributed by atoms with Crippen LogP contribution >= 0.6 is 0 Å². The second-order valence-electron chi connectivity index (χ2n) is 7.04. The van der Waals surface area contributed by atoms with Crippen LogP contribution in [0.2, 0.25) is 0 Å². The number of carbonyl (C=O) groups is 1. The fourth-order valence-electron chi connectivity index (χ4n) is 4.11. The number of para-hydroxylation sites is 2. The number of hydrogen-bond donors (Lipinski definition) is 1. The maximum atomic E-state index is 12.4. The van der Waals surface area contributed by atoms with Crippen LogP contribution in [0.15, 0.2) is 33.5 Å².